The lowest BCUT2D eigenvalue weighted by molar-refractivity contribution is 0.854. The Bertz CT molecular complexity index is 552. The monoisotopic (exact) mass is 212 g/mol. The molecule has 0 saturated heterocycles. The number of rotatable bonds is 2. The third-order valence-corrected chi connectivity index (χ3v) is 2.01. The topological polar surface area (TPSA) is 59.8 Å². The Kier molecular flexibility index (Phi) is 2.72. The number of hydrogen-bond acceptors (Lipinski definition) is 4. The Balaban J connectivity index is 2.39. The molecule has 0 saturated carbocycles. The van der Waals surface area contributed by atoms with Gasteiger partial charge in [-0.2, -0.15) is 0 Å². The molecule has 0 unspecified atom stereocenters. The number of nitrogens with zero attached hydrogens (tertiary/aromatic N) is 3. The minimum Gasteiger partial charge on any atom is -0.334 e. The van der Waals surface area contributed by atoms with Gasteiger partial charge in [-0.3, -0.25) is 9.78 Å². The van der Waals surface area contributed by atoms with Crippen LogP contribution in [0.15, 0.2) is 35.5 Å². The number of pyridine rings is 1. The van der Waals surface area contributed by atoms with E-state index in [4.69, 9.17) is 7.85 Å². The fourth-order valence-corrected chi connectivity index (χ4v) is 1.28. The van der Waals surface area contributed by atoms with Gasteiger partial charge in [0.05, 0.1) is 11.9 Å². The minimum atomic E-state index is -0.238. The van der Waals surface area contributed by atoms with E-state index >= 15 is 0 Å². The van der Waals surface area contributed by atoms with Crippen molar-refractivity contribution in [3.8, 4) is 0 Å². The number of aryl methyl sites for hydroxylation is 1. The summed E-state index contributed by atoms with van der Waals surface area (Å²) in [5.74, 6) is 0.190. The molecule has 0 amide bonds. The summed E-state index contributed by atoms with van der Waals surface area (Å²) in [4.78, 5) is 19.5. The average Bonchev–Trinajstić information content (AvgIpc) is 2.27. The Labute approximate surface area is 93.6 Å². The Morgan fingerprint density at radius 2 is 2.31 bits per heavy atom. The van der Waals surface area contributed by atoms with Crippen molar-refractivity contribution in [1.29, 1.82) is 0 Å². The molecule has 2 radical (unpaired) electrons. The fourth-order valence-electron chi connectivity index (χ4n) is 1.28. The van der Waals surface area contributed by atoms with Crippen LogP contribution in [0.4, 0.5) is 11.5 Å². The molecule has 78 valence electrons. The second-order valence-corrected chi connectivity index (χ2v) is 3.30. The molecule has 16 heavy (non-hydrogen) atoms. The van der Waals surface area contributed by atoms with Gasteiger partial charge in [-0.1, -0.05) is 0 Å². The lowest BCUT2D eigenvalue weighted by Crippen LogP contribution is -2.27. The Morgan fingerprint density at radius 3 is 3.00 bits per heavy atom. The Hall–Kier alpha value is -2.11. The maximum Gasteiger partial charge on any atom is 0.293 e. The van der Waals surface area contributed by atoms with Gasteiger partial charge < -0.3 is 9.88 Å². The first-order valence-electron chi connectivity index (χ1n) is 4.67. The van der Waals surface area contributed by atoms with Gasteiger partial charge >= 0.3 is 0 Å². The van der Waals surface area contributed by atoms with Crippen molar-refractivity contribution >= 4 is 24.9 Å². The highest BCUT2D eigenvalue weighted by Gasteiger charge is 2.04. The molecule has 1 N–H and O–H groups in total. The van der Waals surface area contributed by atoms with Crippen LogP contribution in [0.3, 0.4) is 0 Å². The fraction of sp³-hybridized carbons (Fsp3) is 0.100. The second kappa shape index (κ2) is 4.18. The molecule has 0 aliphatic rings. The third kappa shape index (κ3) is 2.11. The standard InChI is InChI=1S/C10H9BN4O/c1-15-6-8(11)14-9(10(15)16)13-7-3-2-4-12-5-7/h2-6H,1H3,(H,13,14). The lowest BCUT2D eigenvalue weighted by atomic mass is 10.1. The van der Waals surface area contributed by atoms with E-state index in [1.807, 2.05) is 0 Å². The summed E-state index contributed by atoms with van der Waals surface area (Å²) < 4.78 is 1.38. The van der Waals surface area contributed by atoms with Crippen molar-refractivity contribution in [2.24, 2.45) is 7.05 Å². The summed E-state index contributed by atoms with van der Waals surface area (Å²) in [5, 5.41) is 2.87. The second-order valence-electron chi connectivity index (χ2n) is 3.30. The molecule has 2 aromatic rings. The molecular weight excluding hydrogens is 203 g/mol. The van der Waals surface area contributed by atoms with Gasteiger partial charge in [-0.15, -0.1) is 0 Å². The van der Waals surface area contributed by atoms with Gasteiger partial charge in [0, 0.05) is 25.0 Å². The molecule has 2 heterocycles. The van der Waals surface area contributed by atoms with E-state index in [9.17, 15) is 4.79 Å². The smallest absolute Gasteiger partial charge is 0.293 e. The number of aromatic nitrogens is 3. The summed E-state index contributed by atoms with van der Waals surface area (Å²) in [6, 6.07) is 3.55. The van der Waals surface area contributed by atoms with Gasteiger partial charge in [-0.25, -0.2) is 4.98 Å². The molecule has 0 atom stereocenters. The minimum absolute atomic E-state index is 0.190. The predicted molar refractivity (Wildman–Crippen MR) is 62.4 cm³/mol. The van der Waals surface area contributed by atoms with Crippen LogP contribution in [-0.2, 0) is 7.05 Å². The van der Waals surface area contributed by atoms with Crippen LogP contribution in [0, 0.1) is 0 Å². The van der Waals surface area contributed by atoms with E-state index in [1.54, 1.807) is 31.6 Å². The Morgan fingerprint density at radius 1 is 1.50 bits per heavy atom. The number of anilines is 2. The first kappa shape index (κ1) is 10.4. The highest BCUT2D eigenvalue weighted by Crippen LogP contribution is 2.07. The van der Waals surface area contributed by atoms with Crippen molar-refractivity contribution in [3.05, 3.63) is 41.1 Å². The quantitative estimate of drug-likeness (QED) is 0.695. The van der Waals surface area contributed by atoms with Gasteiger partial charge in [0.1, 0.15) is 7.85 Å². The van der Waals surface area contributed by atoms with Crippen molar-refractivity contribution in [1.82, 2.24) is 14.5 Å². The largest absolute Gasteiger partial charge is 0.334 e. The summed E-state index contributed by atoms with van der Waals surface area (Å²) in [6.45, 7) is 0. The maximum absolute atomic E-state index is 11.7. The first-order chi connectivity index (χ1) is 7.66. The molecule has 2 rings (SSSR count). The third-order valence-electron chi connectivity index (χ3n) is 2.01. The molecule has 0 aromatic carbocycles. The molecule has 5 nitrogen and oxygen atoms in total. The highest BCUT2D eigenvalue weighted by molar-refractivity contribution is 6.30. The van der Waals surface area contributed by atoms with E-state index in [1.165, 1.54) is 10.8 Å². The van der Waals surface area contributed by atoms with E-state index in [-0.39, 0.29) is 17.0 Å². The van der Waals surface area contributed by atoms with Crippen molar-refractivity contribution in [2.75, 3.05) is 5.32 Å². The molecule has 2 aromatic heterocycles. The lowest BCUT2D eigenvalue weighted by Gasteiger charge is -2.07. The van der Waals surface area contributed by atoms with Crippen LogP contribution >= 0.6 is 0 Å². The van der Waals surface area contributed by atoms with Gasteiger partial charge in [-0.05, 0) is 12.1 Å². The summed E-state index contributed by atoms with van der Waals surface area (Å²) in [5.41, 5.74) is 0.740. The molecule has 0 aliphatic carbocycles. The van der Waals surface area contributed by atoms with Gasteiger partial charge in [0.25, 0.3) is 5.56 Å². The maximum atomic E-state index is 11.7. The zero-order valence-corrected chi connectivity index (χ0v) is 8.71. The van der Waals surface area contributed by atoms with E-state index in [0.717, 1.165) is 0 Å². The summed E-state index contributed by atoms with van der Waals surface area (Å²) in [7, 11) is 7.18. The molecule has 0 bridgehead atoms. The van der Waals surface area contributed by atoms with Crippen LogP contribution in [-0.4, -0.2) is 22.4 Å². The first-order valence-corrected chi connectivity index (χ1v) is 4.67. The average molecular weight is 212 g/mol. The van der Waals surface area contributed by atoms with Gasteiger partial charge in [0.15, 0.2) is 5.82 Å². The van der Waals surface area contributed by atoms with Gasteiger partial charge in [0.2, 0.25) is 0 Å². The van der Waals surface area contributed by atoms with Crippen molar-refractivity contribution in [3.63, 3.8) is 0 Å². The zero-order valence-electron chi connectivity index (χ0n) is 8.71. The summed E-state index contributed by atoms with van der Waals surface area (Å²) >= 11 is 0. The number of nitrogens with one attached hydrogen (secondary N) is 1. The van der Waals surface area contributed by atoms with Crippen molar-refractivity contribution < 1.29 is 0 Å². The summed E-state index contributed by atoms with van der Waals surface area (Å²) in [6.07, 6.45) is 4.72. The highest BCUT2D eigenvalue weighted by atomic mass is 16.1. The number of hydrogen-bond donors (Lipinski definition) is 1. The van der Waals surface area contributed by atoms with Crippen LogP contribution in [0.5, 0.6) is 0 Å². The normalized spacial score (nSPS) is 10.1. The van der Waals surface area contributed by atoms with Crippen LogP contribution < -0.4 is 16.5 Å². The zero-order chi connectivity index (χ0) is 11.5. The van der Waals surface area contributed by atoms with E-state index in [0.29, 0.717) is 5.69 Å². The van der Waals surface area contributed by atoms with E-state index in [2.05, 4.69) is 15.3 Å². The SMILES string of the molecule is [B]c1cn(C)c(=O)c(Nc2cccnc2)n1. The molecule has 6 heteroatoms. The molecule has 0 aliphatic heterocycles. The van der Waals surface area contributed by atoms with Crippen LogP contribution in [0.25, 0.3) is 0 Å². The molecule has 0 fully saturated rings. The van der Waals surface area contributed by atoms with E-state index < -0.39 is 0 Å². The molecular formula is C10H9BN4O. The predicted octanol–water partition coefficient (Wildman–Crippen LogP) is -0.287. The van der Waals surface area contributed by atoms with Crippen LogP contribution in [0.2, 0.25) is 0 Å². The molecule has 0 spiro atoms. The van der Waals surface area contributed by atoms with Crippen LogP contribution in [0.1, 0.15) is 0 Å². The van der Waals surface area contributed by atoms with Crippen molar-refractivity contribution in [2.45, 2.75) is 0 Å².